The number of alkyl halides is 1. The van der Waals surface area contributed by atoms with Crippen molar-refractivity contribution in [2.75, 3.05) is 13.2 Å². The Hall–Kier alpha value is -1.88. The molecule has 0 aliphatic rings. The van der Waals surface area contributed by atoms with Crippen molar-refractivity contribution >= 4 is 17.4 Å². The third-order valence-electron chi connectivity index (χ3n) is 2.85. The molecule has 2 rings (SSSR count). The molecular weight excluding hydrogens is 275 g/mol. The van der Waals surface area contributed by atoms with E-state index in [-0.39, 0.29) is 18.6 Å². The van der Waals surface area contributed by atoms with Gasteiger partial charge in [-0.25, -0.2) is 9.18 Å². The van der Waals surface area contributed by atoms with Gasteiger partial charge in [-0.2, -0.15) is 0 Å². The zero-order valence-corrected chi connectivity index (χ0v) is 11.8. The second kappa shape index (κ2) is 7.65. The maximum Gasteiger partial charge on any atom is 0.315 e. The second-order valence-corrected chi connectivity index (χ2v) is 5.33. The summed E-state index contributed by atoms with van der Waals surface area (Å²) in [5.74, 6) is 0. The van der Waals surface area contributed by atoms with Crippen molar-refractivity contribution in [1.29, 1.82) is 0 Å². The minimum atomic E-state index is -0.560. The Morgan fingerprint density at radius 2 is 2.00 bits per heavy atom. The van der Waals surface area contributed by atoms with E-state index in [1.54, 1.807) is 11.3 Å². The highest BCUT2D eigenvalue weighted by Gasteiger charge is 2.15. The number of thiophene rings is 1. The van der Waals surface area contributed by atoms with Crippen molar-refractivity contribution in [3.8, 4) is 0 Å². The van der Waals surface area contributed by atoms with E-state index in [0.29, 0.717) is 6.42 Å². The Balaban J connectivity index is 2.04. The van der Waals surface area contributed by atoms with E-state index >= 15 is 0 Å². The summed E-state index contributed by atoms with van der Waals surface area (Å²) in [7, 11) is 0. The normalized spacial score (nSPS) is 11.8. The van der Waals surface area contributed by atoms with Crippen LogP contribution in [-0.4, -0.2) is 19.3 Å². The van der Waals surface area contributed by atoms with Crippen LogP contribution in [0.3, 0.4) is 0 Å². The summed E-state index contributed by atoms with van der Waals surface area (Å²) in [5, 5.41) is 7.37. The Bertz CT molecular complexity index is 516. The van der Waals surface area contributed by atoms with Gasteiger partial charge in [0.25, 0.3) is 0 Å². The van der Waals surface area contributed by atoms with Gasteiger partial charge in [0.15, 0.2) is 0 Å². The lowest BCUT2D eigenvalue weighted by atomic mass is 10.0. The second-order valence-electron chi connectivity index (χ2n) is 4.35. The molecule has 0 radical (unpaired) electrons. The summed E-state index contributed by atoms with van der Waals surface area (Å²) in [6.07, 6.45) is 0.713. The summed E-state index contributed by atoms with van der Waals surface area (Å²) in [6, 6.07) is 13.5. The molecule has 20 heavy (non-hydrogen) atoms. The third-order valence-corrected chi connectivity index (χ3v) is 3.84. The average molecular weight is 292 g/mol. The van der Waals surface area contributed by atoms with Crippen LogP contribution < -0.4 is 10.6 Å². The SMILES string of the molecule is O=C(NCCF)NC(Cc1ccccc1)c1cccs1. The van der Waals surface area contributed by atoms with Crippen molar-refractivity contribution in [1.82, 2.24) is 10.6 Å². The first kappa shape index (κ1) is 14.5. The first-order valence-corrected chi connectivity index (χ1v) is 7.35. The summed E-state index contributed by atoms with van der Waals surface area (Å²) in [6.45, 7) is -0.524. The van der Waals surface area contributed by atoms with Crippen molar-refractivity contribution in [2.45, 2.75) is 12.5 Å². The molecule has 1 aromatic carbocycles. The van der Waals surface area contributed by atoms with Gasteiger partial charge in [-0.3, -0.25) is 0 Å². The number of urea groups is 1. The van der Waals surface area contributed by atoms with E-state index in [1.165, 1.54) is 0 Å². The molecule has 0 aliphatic carbocycles. The molecular formula is C15H17FN2OS. The molecule has 0 saturated carbocycles. The van der Waals surface area contributed by atoms with Crippen LogP contribution in [0.4, 0.5) is 9.18 Å². The van der Waals surface area contributed by atoms with Gasteiger partial charge in [-0.15, -0.1) is 11.3 Å². The number of hydrogen-bond acceptors (Lipinski definition) is 2. The van der Waals surface area contributed by atoms with Crippen LogP contribution >= 0.6 is 11.3 Å². The zero-order valence-electron chi connectivity index (χ0n) is 11.0. The zero-order chi connectivity index (χ0) is 14.2. The molecule has 1 heterocycles. The molecule has 5 heteroatoms. The largest absolute Gasteiger partial charge is 0.336 e. The molecule has 2 N–H and O–H groups in total. The van der Waals surface area contributed by atoms with E-state index in [9.17, 15) is 9.18 Å². The minimum absolute atomic E-state index is 0.0360. The average Bonchev–Trinajstić information content (AvgIpc) is 3.00. The molecule has 2 amide bonds. The molecule has 1 unspecified atom stereocenters. The lowest BCUT2D eigenvalue weighted by Gasteiger charge is -2.18. The van der Waals surface area contributed by atoms with E-state index < -0.39 is 6.67 Å². The van der Waals surface area contributed by atoms with Crippen LogP contribution in [0.2, 0.25) is 0 Å². The number of carbonyl (C=O) groups is 1. The van der Waals surface area contributed by atoms with E-state index in [4.69, 9.17) is 0 Å². The quantitative estimate of drug-likeness (QED) is 0.842. The van der Waals surface area contributed by atoms with E-state index in [0.717, 1.165) is 10.4 Å². The van der Waals surface area contributed by atoms with Gasteiger partial charge >= 0.3 is 6.03 Å². The first-order valence-electron chi connectivity index (χ1n) is 6.47. The van der Waals surface area contributed by atoms with Crippen molar-refractivity contribution in [2.24, 2.45) is 0 Å². The Kier molecular flexibility index (Phi) is 5.55. The standard InChI is InChI=1S/C15H17FN2OS/c16-8-9-17-15(19)18-13(14-7-4-10-20-14)11-12-5-2-1-3-6-12/h1-7,10,13H,8-9,11H2,(H2,17,18,19). The van der Waals surface area contributed by atoms with Crippen LogP contribution in [0.25, 0.3) is 0 Å². The predicted octanol–water partition coefficient (Wildman–Crippen LogP) is 3.30. The first-order chi connectivity index (χ1) is 9.79. The van der Waals surface area contributed by atoms with Crippen LogP contribution in [-0.2, 0) is 6.42 Å². The van der Waals surface area contributed by atoms with E-state index in [2.05, 4.69) is 10.6 Å². The van der Waals surface area contributed by atoms with Crippen LogP contribution in [0.1, 0.15) is 16.5 Å². The highest BCUT2D eigenvalue weighted by molar-refractivity contribution is 7.10. The lowest BCUT2D eigenvalue weighted by Crippen LogP contribution is -2.39. The number of amides is 2. The van der Waals surface area contributed by atoms with Gasteiger partial charge in [-0.1, -0.05) is 36.4 Å². The Labute approximate surface area is 121 Å². The highest BCUT2D eigenvalue weighted by Crippen LogP contribution is 2.22. The number of carbonyl (C=O) groups excluding carboxylic acids is 1. The number of nitrogens with one attached hydrogen (secondary N) is 2. The summed E-state index contributed by atoms with van der Waals surface area (Å²) >= 11 is 1.60. The van der Waals surface area contributed by atoms with Crippen LogP contribution in [0.15, 0.2) is 47.8 Å². The van der Waals surface area contributed by atoms with Gasteiger partial charge < -0.3 is 10.6 Å². The van der Waals surface area contributed by atoms with Gasteiger partial charge in [0.05, 0.1) is 6.04 Å². The fourth-order valence-electron chi connectivity index (χ4n) is 1.93. The molecule has 1 aromatic heterocycles. The Morgan fingerprint density at radius 1 is 1.20 bits per heavy atom. The van der Waals surface area contributed by atoms with Gasteiger partial charge in [0.2, 0.25) is 0 Å². The minimum Gasteiger partial charge on any atom is -0.336 e. The summed E-state index contributed by atoms with van der Waals surface area (Å²) < 4.78 is 12.1. The summed E-state index contributed by atoms with van der Waals surface area (Å²) in [5.41, 5.74) is 1.15. The molecule has 0 aliphatic heterocycles. The smallest absolute Gasteiger partial charge is 0.315 e. The highest BCUT2D eigenvalue weighted by atomic mass is 32.1. The fraction of sp³-hybridized carbons (Fsp3) is 0.267. The van der Waals surface area contributed by atoms with Crippen LogP contribution in [0, 0.1) is 0 Å². The van der Waals surface area contributed by atoms with Crippen LogP contribution in [0.5, 0.6) is 0 Å². The molecule has 3 nitrogen and oxygen atoms in total. The molecule has 0 spiro atoms. The monoisotopic (exact) mass is 292 g/mol. The number of hydrogen-bond donors (Lipinski definition) is 2. The topological polar surface area (TPSA) is 41.1 Å². The van der Waals surface area contributed by atoms with Gasteiger partial charge in [0, 0.05) is 11.4 Å². The van der Waals surface area contributed by atoms with E-state index in [1.807, 2.05) is 47.8 Å². The Morgan fingerprint density at radius 3 is 2.65 bits per heavy atom. The maximum absolute atomic E-state index is 12.1. The maximum atomic E-state index is 12.1. The van der Waals surface area contributed by atoms with Gasteiger partial charge in [-0.05, 0) is 23.4 Å². The number of rotatable bonds is 6. The number of halogens is 1. The molecule has 0 saturated heterocycles. The molecule has 2 aromatic rings. The molecule has 0 fully saturated rings. The van der Waals surface area contributed by atoms with Crippen molar-refractivity contribution in [3.63, 3.8) is 0 Å². The number of benzene rings is 1. The molecule has 106 valence electrons. The van der Waals surface area contributed by atoms with Crippen molar-refractivity contribution in [3.05, 3.63) is 58.3 Å². The predicted molar refractivity (Wildman–Crippen MR) is 79.7 cm³/mol. The molecule has 1 atom stereocenters. The lowest BCUT2D eigenvalue weighted by molar-refractivity contribution is 0.236. The third kappa shape index (κ3) is 4.35. The van der Waals surface area contributed by atoms with Gasteiger partial charge in [0.1, 0.15) is 6.67 Å². The molecule has 0 bridgehead atoms. The fourth-order valence-corrected chi connectivity index (χ4v) is 2.71. The van der Waals surface area contributed by atoms with Crippen molar-refractivity contribution < 1.29 is 9.18 Å². The summed E-state index contributed by atoms with van der Waals surface area (Å²) in [4.78, 5) is 12.8.